The minimum atomic E-state index is -0.436. The highest BCUT2D eigenvalue weighted by molar-refractivity contribution is 7.22. The van der Waals surface area contributed by atoms with Gasteiger partial charge in [-0.25, -0.2) is 9.78 Å². The van der Waals surface area contributed by atoms with Crippen molar-refractivity contribution in [3.8, 4) is 10.4 Å². The zero-order valence-corrected chi connectivity index (χ0v) is 12.1. The number of anilines is 2. The molecule has 2 heterocycles. The van der Waals surface area contributed by atoms with Crippen molar-refractivity contribution in [3.63, 3.8) is 0 Å². The van der Waals surface area contributed by atoms with Gasteiger partial charge in [-0.2, -0.15) is 0 Å². The third kappa shape index (κ3) is 2.41. The molecule has 0 atom stereocenters. The Hall–Kier alpha value is -2.60. The van der Waals surface area contributed by atoms with Crippen molar-refractivity contribution in [3.05, 3.63) is 42.1 Å². The largest absolute Gasteiger partial charge is 0.465 e. The fraction of sp³-hybridized carbons (Fsp3) is 0.0667. The van der Waals surface area contributed by atoms with Crippen LogP contribution in [0.15, 0.2) is 36.5 Å². The molecule has 1 aromatic carbocycles. The van der Waals surface area contributed by atoms with E-state index in [2.05, 4.69) is 4.98 Å². The second-order valence-corrected chi connectivity index (χ2v) is 5.64. The molecule has 2 aromatic heterocycles. The van der Waals surface area contributed by atoms with Gasteiger partial charge in [-0.15, -0.1) is 11.3 Å². The Labute approximate surface area is 125 Å². The molecule has 0 radical (unpaired) electrons. The normalized spacial score (nSPS) is 10.7. The van der Waals surface area contributed by atoms with E-state index in [1.54, 1.807) is 17.4 Å². The van der Waals surface area contributed by atoms with Gasteiger partial charge in [0.2, 0.25) is 0 Å². The molecule has 106 valence electrons. The van der Waals surface area contributed by atoms with E-state index in [9.17, 15) is 4.79 Å². The van der Waals surface area contributed by atoms with E-state index < -0.39 is 5.97 Å². The van der Waals surface area contributed by atoms with Crippen LogP contribution in [0.3, 0.4) is 0 Å². The van der Waals surface area contributed by atoms with E-state index in [4.69, 9.17) is 16.2 Å². The lowest BCUT2D eigenvalue weighted by molar-refractivity contribution is 0.0600. The van der Waals surface area contributed by atoms with Gasteiger partial charge in [-0.1, -0.05) is 0 Å². The van der Waals surface area contributed by atoms with Gasteiger partial charge >= 0.3 is 5.97 Å². The van der Waals surface area contributed by atoms with E-state index in [-0.39, 0.29) is 0 Å². The summed E-state index contributed by atoms with van der Waals surface area (Å²) >= 11 is 1.57. The van der Waals surface area contributed by atoms with Crippen molar-refractivity contribution in [2.75, 3.05) is 18.6 Å². The third-order valence-electron chi connectivity index (χ3n) is 3.15. The number of hydrogen-bond acceptors (Lipinski definition) is 6. The summed E-state index contributed by atoms with van der Waals surface area (Å²) in [5.41, 5.74) is 13.5. The van der Waals surface area contributed by atoms with Crippen LogP contribution in [0.5, 0.6) is 0 Å². The number of benzene rings is 1. The molecule has 0 amide bonds. The predicted octanol–water partition coefficient (Wildman–Crippen LogP) is 2.91. The van der Waals surface area contributed by atoms with Gasteiger partial charge in [-0.05, 0) is 35.7 Å². The summed E-state index contributed by atoms with van der Waals surface area (Å²) < 4.78 is 5.81. The van der Waals surface area contributed by atoms with Gasteiger partial charge in [0, 0.05) is 27.0 Å². The molecule has 3 aromatic rings. The van der Waals surface area contributed by atoms with Gasteiger partial charge in [0.25, 0.3) is 0 Å². The highest BCUT2D eigenvalue weighted by Crippen LogP contribution is 2.36. The molecule has 0 aliphatic heterocycles. The highest BCUT2D eigenvalue weighted by atomic mass is 32.1. The Kier molecular flexibility index (Phi) is 3.23. The van der Waals surface area contributed by atoms with Gasteiger partial charge in [0.1, 0.15) is 5.82 Å². The number of carbonyl (C=O) groups excluding carboxylic acids is 1. The summed E-state index contributed by atoms with van der Waals surface area (Å²) in [7, 11) is 1.33. The summed E-state index contributed by atoms with van der Waals surface area (Å²) in [4.78, 5) is 16.6. The molecule has 0 aliphatic carbocycles. The lowest BCUT2D eigenvalue weighted by Gasteiger charge is -2.04. The van der Waals surface area contributed by atoms with E-state index in [0.29, 0.717) is 17.1 Å². The Morgan fingerprint density at radius 1 is 1.24 bits per heavy atom. The second-order valence-electron chi connectivity index (χ2n) is 4.56. The first-order valence-electron chi connectivity index (χ1n) is 6.22. The summed E-state index contributed by atoms with van der Waals surface area (Å²) in [6.07, 6.45) is 1.41. The molecule has 0 saturated heterocycles. The number of ether oxygens (including phenoxy) is 1. The van der Waals surface area contributed by atoms with E-state index in [0.717, 1.165) is 20.5 Å². The number of pyridine rings is 1. The zero-order chi connectivity index (χ0) is 15.0. The number of esters is 1. The van der Waals surface area contributed by atoms with E-state index in [1.165, 1.54) is 13.3 Å². The zero-order valence-electron chi connectivity index (χ0n) is 11.3. The SMILES string of the molecule is COC(=O)c1cnc(N)c(-c2cc3cc(N)ccc3s2)c1. The molecular weight excluding hydrogens is 286 g/mol. The summed E-state index contributed by atoms with van der Waals surface area (Å²) in [5, 5.41) is 1.04. The number of nitrogen functional groups attached to an aromatic ring is 2. The summed E-state index contributed by atoms with van der Waals surface area (Å²) in [6.45, 7) is 0. The van der Waals surface area contributed by atoms with Crippen LogP contribution in [-0.4, -0.2) is 18.1 Å². The minimum Gasteiger partial charge on any atom is -0.465 e. The quantitative estimate of drug-likeness (QED) is 0.561. The molecule has 5 nitrogen and oxygen atoms in total. The van der Waals surface area contributed by atoms with Gasteiger partial charge < -0.3 is 16.2 Å². The van der Waals surface area contributed by atoms with Crippen molar-refractivity contribution in [2.45, 2.75) is 0 Å². The maximum absolute atomic E-state index is 11.6. The van der Waals surface area contributed by atoms with Gasteiger partial charge in [0.05, 0.1) is 12.7 Å². The number of nitrogens with zero attached hydrogens (tertiary/aromatic N) is 1. The number of nitrogens with two attached hydrogens (primary N) is 2. The van der Waals surface area contributed by atoms with Crippen LogP contribution in [-0.2, 0) is 4.74 Å². The molecule has 4 N–H and O–H groups in total. The number of aromatic nitrogens is 1. The average Bonchev–Trinajstić information content (AvgIpc) is 2.89. The van der Waals surface area contributed by atoms with Crippen LogP contribution in [0, 0.1) is 0 Å². The molecule has 0 fully saturated rings. The first-order chi connectivity index (χ1) is 10.1. The van der Waals surface area contributed by atoms with Gasteiger partial charge in [-0.3, -0.25) is 0 Å². The maximum Gasteiger partial charge on any atom is 0.339 e. The standard InChI is InChI=1S/C15H13N3O2S/c1-20-15(19)9-5-11(14(17)18-7-9)13-6-8-4-10(16)2-3-12(8)21-13/h2-7H,16H2,1H3,(H2,17,18). The second kappa shape index (κ2) is 5.06. The van der Waals surface area contributed by atoms with Gasteiger partial charge in [0.15, 0.2) is 0 Å². The number of carbonyl (C=O) groups is 1. The summed E-state index contributed by atoms with van der Waals surface area (Å²) in [6, 6.07) is 9.41. The molecule has 21 heavy (non-hydrogen) atoms. The number of fused-ring (bicyclic) bond motifs is 1. The van der Waals surface area contributed by atoms with Crippen molar-refractivity contribution in [1.29, 1.82) is 0 Å². The van der Waals surface area contributed by atoms with E-state index >= 15 is 0 Å². The molecule has 6 heteroatoms. The number of methoxy groups -OCH3 is 1. The fourth-order valence-corrected chi connectivity index (χ4v) is 3.16. The third-order valence-corrected chi connectivity index (χ3v) is 4.29. The molecule has 3 rings (SSSR count). The molecule has 0 spiro atoms. The topological polar surface area (TPSA) is 91.2 Å². The number of hydrogen-bond donors (Lipinski definition) is 2. The number of rotatable bonds is 2. The molecule has 0 aliphatic rings. The van der Waals surface area contributed by atoms with Crippen LogP contribution in [0.1, 0.15) is 10.4 Å². The van der Waals surface area contributed by atoms with Crippen LogP contribution >= 0.6 is 11.3 Å². The smallest absolute Gasteiger partial charge is 0.339 e. The lowest BCUT2D eigenvalue weighted by atomic mass is 10.1. The Bertz CT molecular complexity index is 842. The number of thiophene rings is 1. The average molecular weight is 299 g/mol. The van der Waals surface area contributed by atoms with E-state index in [1.807, 2.05) is 24.3 Å². The van der Waals surface area contributed by atoms with Crippen molar-refractivity contribution >= 4 is 38.9 Å². The van der Waals surface area contributed by atoms with Crippen LogP contribution in [0.4, 0.5) is 11.5 Å². The van der Waals surface area contributed by atoms with Crippen LogP contribution < -0.4 is 11.5 Å². The Balaban J connectivity index is 2.15. The first-order valence-corrected chi connectivity index (χ1v) is 7.03. The summed E-state index contributed by atoms with van der Waals surface area (Å²) in [5.74, 6) is -0.0590. The molecule has 0 saturated carbocycles. The minimum absolute atomic E-state index is 0.374. The monoisotopic (exact) mass is 299 g/mol. The highest BCUT2D eigenvalue weighted by Gasteiger charge is 2.13. The molecule has 0 bridgehead atoms. The predicted molar refractivity (Wildman–Crippen MR) is 85.2 cm³/mol. The molecular formula is C15H13N3O2S. The lowest BCUT2D eigenvalue weighted by Crippen LogP contribution is -2.04. The van der Waals surface area contributed by atoms with Crippen molar-refractivity contribution in [2.24, 2.45) is 0 Å². The van der Waals surface area contributed by atoms with Crippen molar-refractivity contribution in [1.82, 2.24) is 4.98 Å². The first kappa shape index (κ1) is 13.4. The Morgan fingerprint density at radius 3 is 2.81 bits per heavy atom. The van der Waals surface area contributed by atoms with Crippen LogP contribution in [0.25, 0.3) is 20.5 Å². The van der Waals surface area contributed by atoms with Crippen LogP contribution in [0.2, 0.25) is 0 Å². The van der Waals surface area contributed by atoms with Crippen molar-refractivity contribution < 1.29 is 9.53 Å². The molecule has 0 unspecified atom stereocenters. The fourth-order valence-electron chi connectivity index (χ4n) is 2.10. The Morgan fingerprint density at radius 2 is 2.05 bits per heavy atom. The maximum atomic E-state index is 11.6.